The molecule has 1 unspecified atom stereocenters. The minimum absolute atomic E-state index is 0.457. The molecule has 0 aromatic carbocycles. The maximum atomic E-state index is 10.7. The standard InChI is InChI=1S/C5H12N2O2S/c1-5-2-3-7(4-5)10(6,8)9/h5H,2-4H2,1H3,(H2,6,8,9). The Balaban J connectivity index is 2.62. The molecule has 5 heteroatoms. The number of hydrogen-bond donors (Lipinski definition) is 1. The van der Waals surface area contributed by atoms with Crippen molar-refractivity contribution >= 4 is 10.2 Å². The van der Waals surface area contributed by atoms with Crippen LogP contribution in [0.1, 0.15) is 13.3 Å². The van der Waals surface area contributed by atoms with Gasteiger partial charge in [0.1, 0.15) is 0 Å². The summed E-state index contributed by atoms with van der Waals surface area (Å²) in [5.41, 5.74) is 0. The highest BCUT2D eigenvalue weighted by Gasteiger charge is 2.25. The van der Waals surface area contributed by atoms with Crippen LogP contribution in [0.4, 0.5) is 0 Å². The van der Waals surface area contributed by atoms with Crippen LogP contribution in [0.5, 0.6) is 0 Å². The summed E-state index contributed by atoms with van der Waals surface area (Å²) in [6, 6.07) is 0. The monoisotopic (exact) mass is 164 g/mol. The van der Waals surface area contributed by atoms with E-state index in [2.05, 4.69) is 0 Å². The molecule has 0 bridgehead atoms. The molecule has 0 spiro atoms. The van der Waals surface area contributed by atoms with Gasteiger partial charge in [-0.2, -0.15) is 12.7 Å². The van der Waals surface area contributed by atoms with Crippen LogP contribution in [-0.4, -0.2) is 25.8 Å². The molecule has 1 rings (SSSR count). The van der Waals surface area contributed by atoms with E-state index >= 15 is 0 Å². The Kier molecular flexibility index (Phi) is 1.98. The summed E-state index contributed by atoms with van der Waals surface area (Å²) in [7, 11) is -3.40. The molecule has 0 amide bonds. The smallest absolute Gasteiger partial charge is 0.216 e. The number of nitrogens with two attached hydrogens (primary N) is 1. The summed E-state index contributed by atoms with van der Waals surface area (Å²) in [5, 5.41) is 4.90. The van der Waals surface area contributed by atoms with Crippen molar-refractivity contribution in [1.82, 2.24) is 4.31 Å². The highest BCUT2D eigenvalue weighted by molar-refractivity contribution is 7.86. The fourth-order valence-corrected chi connectivity index (χ4v) is 1.95. The third-order valence-corrected chi connectivity index (χ3v) is 2.80. The topological polar surface area (TPSA) is 63.4 Å². The van der Waals surface area contributed by atoms with E-state index in [1.54, 1.807) is 0 Å². The van der Waals surface area contributed by atoms with Crippen LogP contribution in [-0.2, 0) is 10.2 Å². The lowest BCUT2D eigenvalue weighted by atomic mass is 10.2. The van der Waals surface area contributed by atoms with Gasteiger partial charge in [0.2, 0.25) is 0 Å². The average molecular weight is 164 g/mol. The first-order chi connectivity index (χ1) is 4.50. The molecule has 0 aliphatic carbocycles. The number of nitrogens with zero attached hydrogens (tertiary/aromatic N) is 1. The highest BCUT2D eigenvalue weighted by atomic mass is 32.2. The summed E-state index contributed by atoms with van der Waals surface area (Å²) in [4.78, 5) is 0. The second kappa shape index (κ2) is 2.48. The Morgan fingerprint density at radius 1 is 1.60 bits per heavy atom. The van der Waals surface area contributed by atoms with Crippen LogP contribution in [0.2, 0.25) is 0 Å². The number of rotatable bonds is 1. The first-order valence-corrected chi connectivity index (χ1v) is 4.78. The molecule has 1 atom stereocenters. The first-order valence-electron chi connectivity index (χ1n) is 3.28. The second-order valence-corrected chi connectivity index (χ2v) is 4.34. The molecule has 1 aliphatic rings. The van der Waals surface area contributed by atoms with Gasteiger partial charge in [-0.15, -0.1) is 0 Å². The van der Waals surface area contributed by atoms with Gasteiger partial charge in [-0.1, -0.05) is 6.92 Å². The van der Waals surface area contributed by atoms with Crippen molar-refractivity contribution < 1.29 is 8.42 Å². The molecule has 0 aromatic heterocycles. The Bertz CT molecular complexity index is 212. The lowest BCUT2D eigenvalue weighted by molar-refractivity contribution is 0.465. The van der Waals surface area contributed by atoms with Gasteiger partial charge in [0.15, 0.2) is 0 Å². The maximum Gasteiger partial charge on any atom is 0.276 e. The summed E-state index contributed by atoms with van der Waals surface area (Å²) in [6.45, 7) is 3.18. The van der Waals surface area contributed by atoms with E-state index in [0.717, 1.165) is 6.42 Å². The van der Waals surface area contributed by atoms with E-state index in [9.17, 15) is 8.42 Å². The maximum absolute atomic E-state index is 10.7. The Morgan fingerprint density at radius 3 is 2.40 bits per heavy atom. The van der Waals surface area contributed by atoms with Gasteiger partial charge < -0.3 is 0 Å². The lowest BCUT2D eigenvalue weighted by Gasteiger charge is -2.10. The molecule has 0 aromatic rings. The molecule has 1 saturated heterocycles. The van der Waals surface area contributed by atoms with Crippen molar-refractivity contribution in [2.45, 2.75) is 13.3 Å². The van der Waals surface area contributed by atoms with Crippen molar-refractivity contribution in [3.8, 4) is 0 Å². The second-order valence-electron chi connectivity index (χ2n) is 2.80. The average Bonchev–Trinajstić information content (AvgIpc) is 2.11. The van der Waals surface area contributed by atoms with E-state index in [-0.39, 0.29) is 0 Å². The molecule has 0 saturated carbocycles. The minimum atomic E-state index is -3.40. The lowest BCUT2D eigenvalue weighted by Crippen LogP contribution is -2.34. The minimum Gasteiger partial charge on any atom is -0.216 e. The van der Waals surface area contributed by atoms with Crippen molar-refractivity contribution in [3.63, 3.8) is 0 Å². The molecule has 1 aliphatic heterocycles. The SMILES string of the molecule is CC1CCN(S(N)(=O)=O)C1. The molecular weight excluding hydrogens is 152 g/mol. The highest BCUT2D eigenvalue weighted by Crippen LogP contribution is 2.16. The quantitative estimate of drug-likeness (QED) is 0.569. The van der Waals surface area contributed by atoms with Crippen LogP contribution >= 0.6 is 0 Å². The van der Waals surface area contributed by atoms with Gasteiger partial charge in [0.25, 0.3) is 10.2 Å². The Morgan fingerprint density at radius 2 is 2.20 bits per heavy atom. The zero-order valence-electron chi connectivity index (χ0n) is 5.95. The number of hydrogen-bond acceptors (Lipinski definition) is 2. The van der Waals surface area contributed by atoms with E-state index < -0.39 is 10.2 Å². The van der Waals surface area contributed by atoms with Crippen LogP contribution in [0.3, 0.4) is 0 Å². The predicted molar refractivity (Wildman–Crippen MR) is 38.5 cm³/mol. The summed E-state index contributed by atoms with van der Waals surface area (Å²) in [5.74, 6) is 0.457. The summed E-state index contributed by atoms with van der Waals surface area (Å²) < 4.78 is 22.7. The normalized spacial score (nSPS) is 29.2. The van der Waals surface area contributed by atoms with Gasteiger partial charge in [-0.3, -0.25) is 0 Å². The van der Waals surface area contributed by atoms with Crippen LogP contribution in [0.25, 0.3) is 0 Å². The predicted octanol–water partition coefficient (Wildman–Crippen LogP) is -0.468. The molecule has 1 fully saturated rings. The Labute approximate surface area is 61.2 Å². The van der Waals surface area contributed by atoms with Gasteiger partial charge in [0.05, 0.1) is 0 Å². The molecule has 1 heterocycles. The van der Waals surface area contributed by atoms with E-state index in [4.69, 9.17) is 5.14 Å². The fourth-order valence-electron chi connectivity index (χ4n) is 1.13. The zero-order chi connectivity index (χ0) is 7.78. The Hall–Kier alpha value is -0.130. The van der Waals surface area contributed by atoms with E-state index in [0.29, 0.717) is 19.0 Å². The first kappa shape index (κ1) is 7.97. The van der Waals surface area contributed by atoms with Gasteiger partial charge in [-0.05, 0) is 12.3 Å². The van der Waals surface area contributed by atoms with Crippen LogP contribution in [0.15, 0.2) is 0 Å². The molecule has 10 heavy (non-hydrogen) atoms. The van der Waals surface area contributed by atoms with Gasteiger partial charge >= 0.3 is 0 Å². The molecule has 0 radical (unpaired) electrons. The van der Waals surface area contributed by atoms with E-state index in [1.165, 1.54) is 4.31 Å². The molecule has 60 valence electrons. The fraction of sp³-hybridized carbons (Fsp3) is 1.00. The molecule has 2 N–H and O–H groups in total. The van der Waals surface area contributed by atoms with Crippen LogP contribution < -0.4 is 5.14 Å². The third-order valence-electron chi connectivity index (χ3n) is 1.75. The van der Waals surface area contributed by atoms with Crippen molar-refractivity contribution in [3.05, 3.63) is 0 Å². The third kappa shape index (κ3) is 1.68. The van der Waals surface area contributed by atoms with E-state index in [1.807, 2.05) is 6.92 Å². The van der Waals surface area contributed by atoms with Crippen molar-refractivity contribution in [2.24, 2.45) is 11.1 Å². The summed E-state index contributed by atoms with van der Waals surface area (Å²) in [6.07, 6.45) is 0.927. The zero-order valence-corrected chi connectivity index (χ0v) is 6.76. The molecule has 4 nitrogen and oxygen atoms in total. The largest absolute Gasteiger partial charge is 0.276 e. The van der Waals surface area contributed by atoms with Gasteiger partial charge in [-0.25, -0.2) is 5.14 Å². The van der Waals surface area contributed by atoms with Crippen molar-refractivity contribution in [2.75, 3.05) is 13.1 Å². The van der Waals surface area contributed by atoms with Crippen molar-refractivity contribution in [1.29, 1.82) is 0 Å². The molecular formula is C5H12N2O2S. The van der Waals surface area contributed by atoms with Crippen LogP contribution in [0, 0.1) is 5.92 Å². The van der Waals surface area contributed by atoms with Gasteiger partial charge in [0, 0.05) is 13.1 Å². The summed E-state index contributed by atoms with van der Waals surface area (Å²) >= 11 is 0.